The van der Waals surface area contributed by atoms with Gasteiger partial charge in [0, 0.05) is 13.1 Å². The van der Waals surface area contributed by atoms with Crippen molar-refractivity contribution in [1.82, 2.24) is 10.2 Å². The van der Waals surface area contributed by atoms with Crippen LogP contribution in [-0.2, 0) is 14.3 Å². The maximum absolute atomic E-state index is 11.1. The highest BCUT2D eigenvalue weighted by molar-refractivity contribution is 6.13. The van der Waals surface area contributed by atoms with Crippen LogP contribution in [0, 0.1) is 0 Å². The van der Waals surface area contributed by atoms with Gasteiger partial charge >= 0.3 is 0 Å². The van der Waals surface area contributed by atoms with Gasteiger partial charge in [0.25, 0.3) is 5.91 Å². The second-order valence-electron chi connectivity index (χ2n) is 3.15. The van der Waals surface area contributed by atoms with Crippen LogP contribution in [0.25, 0.3) is 0 Å². The van der Waals surface area contributed by atoms with E-state index in [0.29, 0.717) is 32.3 Å². The third-order valence-electron chi connectivity index (χ3n) is 2.10. The lowest BCUT2D eigenvalue weighted by Crippen LogP contribution is -2.51. The highest BCUT2D eigenvalue weighted by atomic mass is 16.5. The van der Waals surface area contributed by atoms with E-state index >= 15 is 0 Å². The van der Waals surface area contributed by atoms with E-state index < -0.39 is 0 Å². The van der Waals surface area contributed by atoms with E-state index in [1.54, 1.807) is 0 Å². The number of nitrogens with zero attached hydrogens (tertiary/aromatic N) is 2. The van der Waals surface area contributed by atoms with Crippen molar-refractivity contribution in [3.05, 3.63) is 0 Å². The Balaban J connectivity index is 2.08. The summed E-state index contributed by atoms with van der Waals surface area (Å²) in [6.45, 7) is 2.52. The van der Waals surface area contributed by atoms with E-state index in [0.717, 1.165) is 0 Å². The zero-order valence-electron chi connectivity index (χ0n) is 7.65. The molecule has 1 saturated heterocycles. The Kier molecular flexibility index (Phi) is 2.45. The van der Waals surface area contributed by atoms with Crippen molar-refractivity contribution in [1.29, 1.82) is 0 Å². The van der Waals surface area contributed by atoms with Crippen molar-refractivity contribution in [3.63, 3.8) is 0 Å². The van der Waals surface area contributed by atoms with Crippen molar-refractivity contribution in [3.8, 4) is 0 Å². The van der Waals surface area contributed by atoms with E-state index in [1.165, 1.54) is 0 Å². The SMILES string of the molecule is O=C1CC(=O)NC(N2CCOCC2)=N1. The molecule has 2 rings (SSSR count). The average Bonchev–Trinajstić information content (AvgIpc) is 2.18. The smallest absolute Gasteiger partial charge is 0.258 e. The van der Waals surface area contributed by atoms with Crippen molar-refractivity contribution >= 4 is 17.8 Å². The van der Waals surface area contributed by atoms with Gasteiger partial charge in [-0.05, 0) is 0 Å². The number of aliphatic imine (C=N–C) groups is 1. The summed E-state index contributed by atoms with van der Waals surface area (Å²) in [5.41, 5.74) is 0. The monoisotopic (exact) mass is 197 g/mol. The molecule has 1 fully saturated rings. The first-order valence-corrected chi connectivity index (χ1v) is 4.50. The number of amides is 2. The van der Waals surface area contributed by atoms with Gasteiger partial charge in [-0.1, -0.05) is 0 Å². The molecule has 2 aliphatic heterocycles. The normalized spacial score (nSPS) is 23.1. The first kappa shape index (κ1) is 9.14. The number of rotatable bonds is 0. The molecule has 76 valence electrons. The molecule has 0 bridgehead atoms. The van der Waals surface area contributed by atoms with Crippen LogP contribution < -0.4 is 5.32 Å². The molecule has 0 aromatic heterocycles. The molecule has 0 aliphatic carbocycles. The molecule has 6 nitrogen and oxygen atoms in total. The third kappa shape index (κ3) is 1.90. The molecule has 1 N–H and O–H groups in total. The molecular weight excluding hydrogens is 186 g/mol. The molecule has 14 heavy (non-hydrogen) atoms. The van der Waals surface area contributed by atoms with Crippen molar-refractivity contribution < 1.29 is 14.3 Å². The van der Waals surface area contributed by atoms with E-state index in [-0.39, 0.29) is 18.2 Å². The number of carbonyl (C=O) groups is 2. The Bertz CT molecular complexity index is 294. The fraction of sp³-hybridized carbons (Fsp3) is 0.625. The molecular formula is C8H11N3O3. The lowest BCUT2D eigenvalue weighted by Gasteiger charge is -2.30. The van der Waals surface area contributed by atoms with Crippen LogP contribution in [0.3, 0.4) is 0 Å². The maximum atomic E-state index is 11.1. The fourth-order valence-corrected chi connectivity index (χ4v) is 1.42. The summed E-state index contributed by atoms with van der Waals surface area (Å²) in [5.74, 6) is -0.295. The van der Waals surface area contributed by atoms with Crippen LogP contribution in [0.4, 0.5) is 0 Å². The van der Waals surface area contributed by atoms with Gasteiger partial charge in [-0.15, -0.1) is 0 Å². The Labute approximate surface area is 80.9 Å². The van der Waals surface area contributed by atoms with E-state index in [9.17, 15) is 9.59 Å². The summed E-state index contributed by atoms with van der Waals surface area (Å²) >= 11 is 0. The fourth-order valence-electron chi connectivity index (χ4n) is 1.42. The van der Waals surface area contributed by atoms with Gasteiger partial charge in [-0.2, -0.15) is 4.99 Å². The molecule has 0 saturated carbocycles. The molecule has 2 heterocycles. The largest absolute Gasteiger partial charge is 0.378 e. The van der Waals surface area contributed by atoms with Gasteiger partial charge in [0.05, 0.1) is 13.2 Å². The zero-order chi connectivity index (χ0) is 9.97. The lowest BCUT2D eigenvalue weighted by atomic mass is 10.3. The minimum atomic E-state index is -0.379. The van der Waals surface area contributed by atoms with Gasteiger partial charge in [-0.25, -0.2) is 0 Å². The summed E-state index contributed by atoms with van der Waals surface area (Å²) in [6.07, 6.45) is -0.145. The Morgan fingerprint density at radius 3 is 2.64 bits per heavy atom. The lowest BCUT2D eigenvalue weighted by molar-refractivity contribution is -0.127. The van der Waals surface area contributed by atoms with Crippen LogP contribution in [0.5, 0.6) is 0 Å². The average molecular weight is 197 g/mol. The molecule has 0 aromatic carbocycles. The molecule has 0 spiro atoms. The predicted molar refractivity (Wildman–Crippen MR) is 47.6 cm³/mol. The van der Waals surface area contributed by atoms with Crippen LogP contribution >= 0.6 is 0 Å². The summed E-state index contributed by atoms with van der Waals surface area (Å²) in [7, 11) is 0. The number of carbonyl (C=O) groups excluding carboxylic acids is 2. The predicted octanol–water partition coefficient (Wildman–Crippen LogP) is -1.28. The van der Waals surface area contributed by atoms with Gasteiger partial charge in [0.1, 0.15) is 6.42 Å². The number of ether oxygens (including phenoxy) is 1. The molecule has 0 radical (unpaired) electrons. The van der Waals surface area contributed by atoms with Crippen LogP contribution in [-0.4, -0.2) is 49.0 Å². The van der Waals surface area contributed by atoms with Gasteiger partial charge in [-0.3, -0.25) is 14.9 Å². The molecule has 0 atom stereocenters. The van der Waals surface area contributed by atoms with Gasteiger partial charge < -0.3 is 9.64 Å². The quantitative estimate of drug-likeness (QED) is 0.491. The molecule has 2 amide bonds. The number of nitrogens with one attached hydrogen (secondary N) is 1. The molecule has 6 heteroatoms. The van der Waals surface area contributed by atoms with Gasteiger partial charge in [0.15, 0.2) is 0 Å². The number of morpholine rings is 1. The Morgan fingerprint density at radius 1 is 1.29 bits per heavy atom. The molecule has 2 aliphatic rings. The summed E-state index contributed by atoms with van der Waals surface area (Å²) in [5, 5.41) is 2.58. The van der Waals surface area contributed by atoms with Crippen LogP contribution in [0.2, 0.25) is 0 Å². The number of hydrogen-bond donors (Lipinski definition) is 1. The Morgan fingerprint density at radius 2 is 2.00 bits per heavy atom. The third-order valence-corrected chi connectivity index (χ3v) is 2.10. The minimum absolute atomic E-state index is 0.145. The number of hydrogen-bond acceptors (Lipinski definition) is 4. The highest BCUT2D eigenvalue weighted by Gasteiger charge is 2.23. The van der Waals surface area contributed by atoms with Gasteiger partial charge in [0.2, 0.25) is 11.9 Å². The molecule has 0 aromatic rings. The molecule has 0 unspecified atom stereocenters. The highest BCUT2D eigenvalue weighted by Crippen LogP contribution is 2.02. The van der Waals surface area contributed by atoms with Crippen molar-refractivity contribution in [2.24, 2.45) is 4.99 Å². The summed E-state index contributed by atoms with van der Waals surface area (Å²) in [4.78, 5) is 27.7. The summed E-state index contributed by atoms with van der Waals surface area (Å²) in [6, 6.07) is 0. The van der Waals surface area contributed by atoms with Crippen LogP contribution in [0.15, 0.2) is 4.99 Å². The van der Waals surface area contributed by atoms with E-state index in [1.807, 2.05) is 4.90 Å². The second kappa shape index (κ2) is 3.75. The zero-order valence-corrected chi connectivity index (χ0v) is 7.65. The number of guanidine groups is 1. The Hall–Kier alpha value is -1.43. The van der Waals surface area contributed by atoms with Crippen LogP contribution in [0.1, 0.15) is 6.42 Å². The summed E-state index contributed by atoms with van der Waals surface area (Å²) < 4.78 is 5.15. The topological polar surface area (TPSA) is 71.0 Å². The standard InChI is InChI=1S/C8H11N3O3/c12-6-5-7(13)10-8(9-6)11-1-3-14-4-2-11/h1-5H2,(H,9,10,12,13). The van der Waals surface area contributed by atoms with Crippen molar-refractivity contribution in [2.45, 2.75) is 6.42 Å². The first-order valence-electron chi connectivity index (χ1n) is 4.50. The van der Waals surface area contributed by atoms with Crippen molar-refractivity contribution in [2.75, 3.05) is 26.3 Å². The van der Waals surface area contributed by atoms with E-state index in [2.05, 4.69) is 10.3 Å². The first-order chi connectivity index (χ1) is 6.75. The van der Waals surface area contributed by atoms with E-state index in [4.69, 9.17) is 4.74 Å². The maximum Gasteiger partial charge on any atom is 0.258 e. The second-order valence-corrected chi connectivity index (χ2v) is 3.15. The minimum Gasteiger partial charge on any atom is -0.378 e.